The summed E-state index contributed by atoms with van der Waals surface area (Å²) < 4.78 is 2.44. The molecule has 1 aliphatic carbocycles. The van der Waals surface area contributed by atoms with Crippen molar-refractivity contribution < 1.29 is 0 Å². The van der Waals surface area contributed by atoms with E-state index in [1.165, 1.54) is 54.8 Å². The zero-order valence-corrected chi connectivity index (χ0v) is 27.9. The molecule has 0 bridgehead atoms. The Bertz CT molecular complexity index is 2700. The predicted molar refractivity (Wildman–Crippen MR) is 208 cm³/mol. The van der Waals surface area contributed by atoms with E-state index in [1.807, 2.05) is 24.3 Å². The zero-order valence-electron chi connectivity index (χ0n) is 27.9. The second kappa shape index (κ2) is 10.8. The molecule has 3 nitrogen and oxygen atoms in total. The number of hydrogen-bond donors (Lipinski definition) is 0. The summed E-state index contributed by atoms with van der Waals surface area (Å²) in [5.74, 6) is 0.720. The van der Waals surface area contributed by atoms with Crippen molar-refractivity contribution in [1.29, 1.82) is 0 Å². The van der Waals surface area contributed by atoms with Gasteiger partial charge in [0.2, 0.25) is 0 Å². The Kier molecular flexibility index (Phi) is 6.22. The molecule has 0 aliphatic heterocycles. The lowest BCUT2D eigenvalue weighted by atomic mass is 9.82. The van der Waals surface area contributed by atoms with Gasteiger partial charge in [-0.15, -0.1) is 0 Å². The highest BCUT2D eigenvalue weighted by molar-refractivity contribution is 6.26. The fraction of sp³-hybridized carbons (Fsp3) is 0.0638. The molecule has 2 aromatic heterocycles. The predicted octanol–water partition coefficient (Wildman–Crippen LogP) is 12.0. The van der Waals surface area contributed by atoms with E-state index < -0.39 is 0 Å². The second-order valence-corrected chi connectivity index (χ2v) is 13.8. The van der Waals surface area contributed by atoms with Crippen LogP contribution in [0.1, 0.15) is 25.0 Å². The molecule has 50 heavy (non-hydrogen) atoms. The number of nitrogens with zero attached hydrogens (tertiary/aromatic N) is 3. The van der Waals surface area contributed by atoms with Crippen molar-refractivity contribution in [3.05, 3.63) is 175 Å². The summed E-state index contributed by atoms with van der Waals surface area (Å²) in [5, 5.41) is 5.17. The number of fused-ring (bicyclic) bond motifs is 9. The zero-order chi connectivity index (χ0) is 33.4. The van der Waals surface area contributed by atoms with Crippen molar-refractivity contribution in [2.24, 2.45) is 0 Å². The van der Waals surface area contributed by atoms with Crippen molar-refractivity contribution in [2.45, 2.75) is 19.3 Å². The van der Waals surface area contributed by atoms with E-state index >= 15 is 0 Å². The lowest BCUT2D eigenvalue weighted by Gasteiger charge is -2.21. The van der Waals surface area contributed by atoms with Crippen LogP contribution in [-0.2, 0) is 5.41 Å². The molecule has 0 atom stereocenters. The van der Waals surface area contributed by atoms with Crippen LogP contribution < -0.4 is 0 Å². The van der Waals surface area contributed by atoms with E-state index in [1.54, 1.807) is 0 Å². The Morgan fingerprint density at radius 2 is 1.08 bits per heavy atom. The van der Waals surface area contributed by atoms with Gasteiger partial charge < -0.3 is 4.57 Å². The van der Waals surface area contributed by atoms with Gasteiger partial charge in [0.25, 0.3) is 0 Å². The van der Waals surface area contributed by atoms with Crippen molar-refractivity contribution in [1.82, 2.24) is 14.5 Å². The van der Waals surface area contributed by atoms with Gasteiger partial charge in [0.15, 0.2) is 5.82 Å². The fourth-order valence-corrected chi connectivity index (χ4v) is 8.19. The van der Waals surface area contributed by atoms with Gasteiger partial charge in [0, 0.05) is 38.6 Å². The first-order valence-corrected chi connectivity index (χ1v) is 17.3. The van der Waals surface area contributed by atoms with E-state index in [4.69, 9.17) is 9.97 Å². The van der Waals surface area contributed by atoms with Gasteiger partial charge in [0.05, 0.1) is 22.4 Å². The molecular formula is C47H33N3. The van der Waals surface area contributed by atoms with Crippen LogP contribution in [0.4, 0.5) is 0 Å². The Labute approximate surface area is 291 Å². The minimum Gasteiger partial charge on any atom is -0.309 e. The molecule has 3 heteroatoms. The molecule has 9 aromatic rings. The molecule has 10 rings (SSSR count). The summed E-state index contributed by atoms with van der Waals surface area (Å²) in [6.45, 7) is 4.72. The van der Waals surface area contributed by atoms with Crippen LogP contribution in [0.3, 0.4) is 0 Å². The van der Waals surface area contributed by atoms with Gasteiger partial charge in [-0.1, -0.05) is 147 Å². The molecule has 0 amide bonds. The molecule has 0 saturated heterocycles. The first-order valence-electron chi connectivity index (χ1n) is 17.3. The normalized spacial score (nSPS) is 13.2. The third-order valence-corrected chi connectivity index (χ3v) is 10.6. The average molecular weight is 640 g/mol. The second-order valence-electron chi connectivity index (χ2n) is 13.8. The highest BCUT2D eigenvalue weighted by Crippen LogP contribution is 2.53. The van der Waals surface area contributed by atoms with Gasteiger partial charge in [-0.3, -0.25) is 0 Å². The quantitative estimate of drug-likeness (QED) is 0.192. The van der Waals surface area contributed by atoms with Crippen LogP contribution in [0, 0.1) is 0 Å². The van der Waals surface area contributed by atoms with Crippen LogP contribution in [0.5, 0.6) is 0 Å². The SMILES string of the molecule is CC1(C)c2ccccc2-c2c1ccc1c2c2c3ccccc3ccc2n1-c1ccc(-c2cc(-c3ccccc3)nc(-c3ccccc3)n2)cc1. The topological polar surface area (TPSA) is 30.7 Å². The van der Waals surface area contributed by atoms with Crippen LogP contribution >= 0.6 is 0 Å². The summed E-state index contributed by atoms with van der Waals surface area (Å²) in [6, 6.07) is 58.6. The minimum absolute atomic E-state index is 0.0739. The van der Waals surface area contributed by atoms with Gasteiger partial charge in [-0.2, -0.15) is 0 Å². The van der Waals surface area contributed by atoms with Crippen LogP contribution in [0.25, 0.3) is 83.3 Å². The van der Waals surface area contributed by atoms with Gasteiger partial charge >= 0.3 is 0 Å². The molecular weight excluding hydrogens is 607 g/mol. The summed E-state index contributed by atoms with van der Waals surface area (Å²) >= 11 is 0. The monoisotopic (exact) mass is 639 g/mol. The smallest absolute Gasteiger partial charge is 0.160 e. The first-order chi connectivity index (χ1) is 24.6. The van der Waals surface area contributed by atoms with E-state index in [0.29, 0.717) is 0 Å². The van der Waals surface area contributed by atoms with Crippen LogP contribution in [-0.4, -0.2) is 14.5 Å². The molecule has 236 valence electrons. The fourth-order valence-electron chi connectivity index (χ4n) is 8.19. The number of aromatic nitrogens is 3. The van der Waals surface area contributed by atoms with Gasteiger partial charge in [-0.25, -0.2) is 9.97 Å². The van der Waals surface area contributed by atoms with E-state index in [2.05, 4.69) is 158 Å². The van der Waals surface area contributed by atoms with Gasteiger partial charge in [0.1, 0.15) is 0 Å². The van der Waals surface area contributed by atoms with Crippen molar-refractivity contribution in [3.8, 4) is 50.7 Å². The maximum absolute atomic E-state index is 5.08. The first kappa shape index (κ1) is 28.7. The highest BCUT2D eigenvalue weighted by Gasteiger charge is 2.37. The maximum Gasteiger partial charge on any atom is 0.160 e. The lowest BCUT2D eigenvalue weighted by Crippen LogP contribution is -2.14. The highest BCUT2D eigenvalue weighted by atomic mass is 15.0. The van der Waals surface area contributed by atoms with Crippen molar-refractivity contribution in [3.63, 3.8) is 0 Å². The molecule has 1 aliphatic rings. The summed E-state index contributed by atoms with van der Waals surface area (Å²) in [5.41, 5.74) is 13.9. The Morgan fingerprint density at radius 1 is 0.480 bits per heavy atom. The van der Waals surface area contributed by atoms with E-state index in [-0.39, 0.29) is 5.41 Å². The minimum atomic E-state index is -0.0739. The lowest BCUT2D eigenvalue weighted by molar-refractivity contribution is 0.661. The van der Waals surface area contributed by atoms with Crippen molar-refractivity contribution in [2.75, 3.05) is 0 Å². The summed E-state index contributed by atoms with van der Waals surface area (Å²) in [7, 11) is 0. The Morgan fingerprint density at radius 3 is 1.84 bits per heavy atom. The Balaban J connectivity index is 1.19. The molecule has 0 spiro atoms. The summed E-state index contributed by atoms with van der Waals surface area (Å²) in [6.07, 6.45) is 0. The Hall–Kier alpha value is -6.32. The van der Waals surface area contributed by atoms with Gasteiger partial charge in [-0.05, 0) is 63.4 Å². The average Bonchev–Trinajstić information content (AvgIpc) is 3.64. The van der Waals surface area contributed by atoms with E-state index in [0.717, 1.165) is 39.6 Å². The molecule has 0 radical (unpaired) electrons. The van der Waals surface area contributed by atoms with E-state index in [9.17, 15) is 0 Å². The molecule has 0 fully saturated rings. The third kappa shape index (κ3) is 4.23. The largest absolute Gasteiger partial charge is 0.309 e. The molecule has 0 unspecified atom stereocenters. The number of hydrogen-bond acceptors (Lipinski definition) is 2. The number of rotatable bonds is 4. The third-order valence-electron chi connectivity index (χ3n) is 10.6. The van der Waals surface area contributed by atoms with Crippen LogP contribution in [0.2, 0.25) is 0 Å². The van der Waals surface area contributed by atoms with Crippen LogP contribution in [0.15, 0.2) is 164 Å². The van der Waals surface area contributed by atoms with Crippen molar-refractivity contribution >= 4 is 32.6 Å². The molecule has 2 heterocycles. The maximum atomic E-state index is 5.08. The standard InChI is InChI=1S/C47H33N3/c1-47(2)37-20-12-11-19-36(37)43-38(47)26-28-42-45(43)44-35-18-10-9-13-30(35)23-27-41(44)50(42)34-24-21-32(22-25-34)40-29-39(31-14-5-3-6-15-31)48-46(49-40)33-16-7-4-8-17-33/h3-29H,1-2H3. The molecule has 7 aromatic carbocycles. The molecule has 0 N–H and O–H groups in total. The molecule has 0 saturated carbocycles. The number of benzene rings is 7. The summed E-state index contributed by atoms with van der Waals surface area (Å²) in [4.78, 5) is 10.1.